The third-order valence-corrected chi connectivity index (χ3v) is 13.0. The predicted molar refractivity (Wildman–Crippen MR) is 264 cm³/mol. The summed E-state index contributed by atoms with van der Waals surface area (Å²) in [5.74, 6) is 0.711. The maximum atomic E-state index is 5.23. The van der Waals surface area contributed by atoms with Gasteiger partial charge >= 0.3 is 0 Å². The Hall–Kier alpha value is -8.34. The lowest BCUT2D eigenvalue weighted by Crippen LogP contribution is -2.37. The summed E-state index contributed by atoms with van der Waals surface area (Å²) < 4.78 is 2.39. The molecule has 0 radical (unpaired) electrons. The van der Waals surface area contributed by atoms with Crippen LogP contribution in [0.25, 0.3) is 61.4 Å². The van der Waals surface area contributed by atoms with Crippen molar-refractivity contribution in [3.8, 4) is 39.6 Å². The molecule has 0 bridgehead atoms. The Labute approximate surface area is 373 Å². The highest BCUT2D eigenvalue weighted by Crippen LogP contribution is 2.58. The number of anilines is 3. The van der Waals surface area contributed by atoms with Crippen molar-refractivity contribution < 1.29 is 0 Å². The molecule has 0 saturated heterocycles. The summed E-state index contributed by atoms with van der Waals surface area (Å²) in [5.41, 5.74) is 17.1. The number of fused-ring (bicyclic) bond motifs is 5. The monoisotopic (exact) mass is 818 g/mol. The smallest absolute Gasteiger partial charge is 0.160 e. The average Bonchev–Trinajstić information content (AvgIpc) is 3.70. The van der Waals surface area contributed by atoms with E-state index in [1.807, 2.05) is 24.3 Å². The van der Waals surface area contributed by atoms with E-state index in [9.17, 15) is 0 Å². The van der Waals surface area contributed by atoms with Gasteiger partial charge in [0.1, 0.15) is 0 Å². The number of para-hydroxylation sites is 4. The van der Waals surface area contributed by atoms with Crippen LogP contribution in [0.5, 0.6) is 0 Å². The lowest BCUT2D eigenvalue weighted by molar-refractivity contribution is 0.732. The summed E-state index contributed by atoms with van der Waals surface area (Å²) in [6.45, 7) is 2.14. The van der Waals surface area contributed by atoms with Gasteiger partial charge in [-0.15, -0.1) is 0 Å². The van der Waals surface area contributed by atoms with Crippen LogP contribution in [0.1, 0.15) is 27.8 Å². The van der Waals surface area contributed by atoms with Crippen LogP contribution < -0.4 is 4.90 Å². The van der Waals surface area contributed by atoms with Crippen molar-refractivity contribution in [3.63, 3.8) is 0 Å². The highest BCUT2D eigenvalue weighted by Gasteiger charge is 2.46. The first-order valence-electron chi connectivity index (χ1n) is 21.9. The molecule has 4 heteroatoms. The van der Waals surface area contributed by atoms with E-state index in [-0.39, 0.29) is 0 Å². The van der Waals surface area contributed by atoms with Crippen molar-refractivity contribution in [2.24, 2.45) is 0 Å². The summed E-state index contributed by atoms with van der Waals surface area (Å²) in [7, 11) is 0. The molecule has 11 aromatic rings. The van der Waals surface area contributed by atoms with E-state index in [0.717, 1.165) is 56.4 Å². The first-order chi connectivity index (χ1) is 31.7. The van der Waals surface area contributed by atoms with Gasteiger partial charge in [-0.2, -0.15) is 0 Å². The fourth-order valence-electron chi connectivity index (χ4n) is 10.2. The zero-order valence-electron chi connectivity index (χ0n) is 35.3. The first-order valence-corrected chi connectivity index (χ1v) is 21.9. The second kappa shape index (κ2) is 15.2. The van der Waals surface area contributed by atoms with Crippen LogP contribution in [0, 0.1) is 6.92 Å². The van der Waals surface area contributed by atoms with E-state index in [4.69, 9.17) is 9.97 Å². The minimum atomic E-state index is -0.630. The summed E-state index contributed by atoms with van der Waals surface area (Å²) in [4.78, 5) is 12.8. The maximum absolute atomic E-state index is 5.23. The summed E-state index contributed by atoms with van der Waals surface area (Å²) in [5, 5.41) is 2.46. The van der Waals surface area contributed by atoms with E-state index in [1.54, 1.807) is 0 Å². The maximum Gasteiger partial charge on any atom is 0.160 e. The summed E-state index contributed by atoms with van der Waals surface area (Å²) in [6.07, 6.45) is 0. The van der Waals surface area contributed by atoms with Crippen molar-refractivity contribution in [3.05, 3.63) is 264 Å². The fourth-order valence-corrected chi connectivity index (χ4v) is 10.2. The molecule has 4 nitrogen and oxygen atoms in total. The second-order valence-corrected chi connectivity index (χ2v) is 16.6. The Morgan fingerprint density at radius 2 is 0.875 bits per heavy atom. The fraction of sp³-hybridized carbons (Fsp3) is 0.0333. The molecule has 1 aliphatic heterocycles. The Kier molecular flexibility index (Phi) is 8.91. The minimum Gasteiger partial charge on any atom is -0.310 e. The van der Waals surface area contributed by atoms with Crippen molar-refractivity contribution in [2.75, 3.05) is 4.90 Å². The quantitative estimate of drug-likeness (QED) is 0.161. The molecule has 9 aromatic carbocycles. The Morgan fingerprint density at radius 1 is 0.375 bits per heavy atom. The summed E-state index contributed by atoms with van der Waals surface area (Å²) >= 11 is 0. The molecule has 0 spiro atoms. The average molecular weight is 819 g/mol. The van der Waals surface area contributed by atoms with Crippen molar-refractivity contribution >= 4 is 38.9 Å². The van der Waals surface area contributed by atoms with E-state index < -0.39 is 5.41 Å². The highest BCUT2D eigenvalue weighted by atomic mass is 15.2. The molecule has 0 aliphatic carbocycles. The molecular formula is C60H42N4. The predicted octanol–water partition coefficient (Wildman–Crippen LogP) is 15.0. The third kappa shape index (κ3) is 5.84. The van der Waals surface area contributed by atoms with Gasteiger partial charge in [0.2, 0.25) is 0 Å². The lowest BCUT2D eigenvalue weighted by Gasteiger charge is -2.46. The summed E-state index contributed by atoms with van der Waals surface area (Å²) in [6, 6.07) is 85.3. The number of benzene rings is 9. The van der Waals surface area contributed by atoms with Gasteiger partial charge in [-0.3, -0.25) is 0 Å². The molecule has 1 aliphatic rings. The van der Waals surface area contributed by atoms with Gasteiger partial charge in [0.05, 0.1) is 39.2 Å². The number of hydrogen-bond donors (Lipinski definition) is 0. The number of nitrogens with zero attached hydrogens (tertiary/aromatic N) is 4. The van der Waals surface area contributed by atoms with Crippen LogP contribution in [-0.4, -0.2) is 14.5 Å². The number of rotatable bonds is 7. The Balaban J connectivity index is 1.05. The van der Waals surface area contributed by atoms with Gasteiger partial charge in [-0.05, 0) is 83.8 Å². The first kappa shape index (κ1) is 37.4. The molecule has 64 heavy (non-hydrogen) atoms. The van der Waals surface area contributed by atoms with Gasteiger partial charge in [0, 0.05) is 44.4 Å². The van der Waals surface area contributed by atoms with Gasteiger partial charge in [0.25, 0.3) is 0 Å². The van der Waals surface area contributed by atoms with Crippen LogP contribution >= 0.6 is 0 Å². The van der Waals surface area contributed by atoms with E-state index in [2.05, 4.69) is 229 Å². The van der Waals surface area contributed by atoms with Gasteiger partial charge in [-0.1, -0.05) is 182 Å². The molecule has 0 N–H and O–H groups in total. The van der Waals surface area contributed by atoms with Crippen LogP contribution in [-0.2, 0) is 5.41 Å². The topological polar surface area (TPSA) is 34.0 Å². The number of aromatic nitrogens is 3. The largest absolute Gasteiger partial charge is 0.310 e. The van der Waals surface area contributed by atoms with Gasteiger partial charge in [-0.25, -0.2) is 9.97 Å². The van der Waals surface area contributed by atoms with Gasteiger partial charge in [0.15, 0.2) is 5.82 Å². The lowest BCUT2D eigenvalue weighted by atomic mass is 9.62. The molecule has 0 saturated carbocycles. The van der Waals surface area contributed by atoms with Crippen LogP contribution in [0.3, 0.4) is 0 Å². The molecule has 0 unspecified atom stereocenters. The highest BCUT2D eigenvalue weighted by molar-refractivity contribution is 6.10. The molecular weight excluding hydrogens is 777 g/mol. The van der Waals surface area contributed by atoms with Crippen LogP contribution in [0.15, 0.2) is 237 Å². The molecule has 0 amide bonds. The van der Waals surface area contributed by atoms with Crippen molar-refractivity contribution in [1.29, 1.82) is 0 Å². The molecule has 0 fully saturated rings. The van der Waals surface area contributed by atoms with E-state index in [1.165, 1.54) is 44.1 Å². The Morgan fingerprint density at radius 3 is 1.52 bits per heavy atom. The zero-order chi connectivity index (χ0) is 42.6. The SMILES string of the molecule is Cc1c(-c2ccccc2)nc(-c2ccccc2)nc1-c1ccc(N2c3ccccc3C(c3ccccc3)(c3ccc4c(c3)c3ccccc3n4-c3ccccc3)c3ccccc32)cc1. The van der Waals surface area contributed by atoms with Crippen molar-refractivity contribution in [1.82, 2.24) is 14.5 Å². The van der Waals surface area contributed by atoms with Crippen molar-refractivity contribution in [2.45, 2.75) is 12.3 Å². The second-order valence-electron chi connectivity index (χ2n) is 16.6. The third-order valence-electron chi connectivity index (χ3n) is 13.0. The molecule has 2 aromatic heterocycles. The molecule has 0 atom stereocenters. The molecule has 3 heterocycles. The van der Waals surface area contributed by atoms with E-state index >= 15 is 0 Å². The Bertz CT molecular complexity index is 3440. The van der Waals surface area contributed by atoms with Crippen LogP contribution in [0.2, 0.25) is 0 Å². The zero-order valence-corrected chi connectivity index (χ0v) is 35.3. The van der Waals surface area contributed by atoms with Gasteiger partial charge < -0.3 is 9.47 Å². The number of hydrogen-bond acceptors (Lipinski definition) is 3. The minimum absolute atomic E-state index is 0.630. The van der Waals surface area contributed by atoms with Crippen LogP contribution in [0.4, 0.5) is 17.1 Å². The normalized spacial score (nSPS) is 12.9. The molecule has 12 rings (SSSR count). The van der Waals surface area contributed by atoms with E-state index in [0.29, 0.717) is 5.82 Å². The molecule has 302 valence electrons. The standard InChI is InChI=1S/C60H42N4/c1-41-57(42-20-6-2-7-21-42)61-59(44-22-8-3-9-23-44)62-58(41)43-34-37-48(38-35-43)64-55-32-18-15-29-51(55)60(45-24-10-4-11-25-45,52-30-16-19-33-56(52)64)46-36-39-54-50(40-46)49-28-14-17-31-53(49)63(54)47-26-12-5-13-27-47/h2-40H,1H3.